The number of nitrogens with one attached hydrogen (secondary N) is 4. The largest absolute Gasteiger partial charge is 1.00 e. The van der Waals surface area contributed by atoms with Crippen molar-refractivity contribution in [2.45, 2.75) is 9.79 Å². The summed E-state index contributed by atoms with van der Waals surface area (Å²) >= 11 is 0. The molecule has 74 heavy (non-hydrogen) atoms. The second kappa shape index (κ2) is 27.1. The van der Waals surface area contributed by atoms with E-state index in [1.165, 1.54) is 109 Å². The summed E-state index contributed by atoms with van der Waals surface area (Å²) in [7, 11) is -9.47. The van der Waals surface area contributed by atoms with E-state index in [1.54, 1.807) is 24.3 Å². The molecule has 0 aliphatic carbocycles. The average Bonchev–Trinajstić information content (AvgIpc) is 3.32. The van der Waals surface area contributed by atoms with Gasteiger partial charge in [0.1, 0.15) is 31.0 Å². The zero-order valence-corrected chi connectivity index (χ0v) is 47.6. The second-order valence-corrected chi connectivity index (χ2v) is 17.0. The molecule has 358 valence electrons. The number of carbonyl (C=O) groups is 2. The number of carboxylic acid groups (broad SMARTS) is 2. The zero-order valence-electron chi connectivity index (χ0n) is 38.7. The minimum absolute atomic E-state index is 0. The van der Waals surface area contributed by atoms with Crippen molar-refractivity contribution in [2.75, 3.05) is 21.7 Å². The van der Waals surface area contributed by atoms with Crippen molar-refractivity contribution in [2.24, 2.45) is 20.4 Å². The molecular weight excluding hydrogens is 1070 g/mol. The van der Waals surface area contributed by atoms with Gasteiger partial charge in [-0.1, -0.05) is 72.8 Å². The first-order chi connectivity index (χ1) is 33.3. The van der Waals surface area contributed by atoms with Crippen molar-refractivity contribution >= 4 is 76.5 Å². The van der Waals surface area contributed by atoms with Gasteiger partial charge in [0.05, 0.1) is 43.7 Å². The first-order valence-corrected chi connectivity index (χ1v) is 22.6. The fraction of sp³-hybridized carbons (Fsp3) is 0. The van der Waals surface area contributed by atoms with Crippen LogP contribution in [0.2, 0.25) is 0 Å². The van der Waals surface area contributed by atoms with Gasteiger partial charge >= 0.3 is 101 Å². The molecule has 8 rings (SSSR count). The number of hydrogen-bond donors (Lipinski definition) is 6. The van der Waals surface area contributed by atoms with Gasteiger partial charge in [0.25, 0.3) is 0 Å². The van der Waals surface area contributed by atoms with Gasteiger partial charge in [-0.05, 0) is 72.8 Å². The molecule has 0 unspecified atom stereocenters. The number of rotatable bonds is 12. The van der Waals surface area contributed by atoms with Crippen molar-refractivity contribution in [3.05, 3.63) is 219 Å². The SMILES string of the molecule is O=C(O)c1ccccc1NN=c1ccc(=O)c(=NNc2cccc3c(S(=O)(=O)[O-])cccc23)c1=O.O=C(O)c1ccccc1NN=c1ccc(=O)c(=NNc2cccc3c(S(=O)(=O)[O-])cccc23)c1=O.[Cr].[Na+].[Na+].[Na+]. The Kier molecular flexibility index (Phi) is 22.9. The Morgan fingerprint density at radius 2 is 0.716 bits per heavy atom. The van der Waals surface area contributed by atoms with Gasteiger partial charge in [0, 0.05) is 38.9 Å². The fourth-order valence-corrected chi connectivity index (χ4v) is 8.06. The summed E-state index contributed by atoms with van der Waals surface area (Å²) in [6, 6.07) is 33.5. The van der Waals surface area contributed by atoms with E-state index in [0.29, 0.717) is 10.8 Å². The molecule has 28 heteroatoms. The monoisotopic (exact) mass is 1100 g/mol. The molecular formula is C46H30CrN8Na3O14S2+. The first-order valence-electron chi connectivity index (χ1n) is 19.8. The molecule has 0 saturated heterocycles. The third-order valence-corrected chi connectivity index (χ3v) is 11.7. The summed E-state index contributed by atoms with van der Waals surface area (Å²) in [4.78, 5) is 72.0. The van der Waals surface area contributed by atoms with E-state index in [1.807, 2.05) is 0 Å². The maximum absolute atomic E-state index is 12.8. The second-order valence-electron chi connectivity index (χ2n) is 14.3. The van der Waals surface area contributed by atoms with Crippen LogP contribution in [0.15, 0.2) is 195 Å². The smallest absolute Gasteiger partial charge is 0.744 e. The molecule has 22 nitrogen and oxygen atoms in total. The predicted octanol–water partition coefficient (Wildman–Crippen LogP) is -7.20. The molecule has 0 aliphatic heterocycles. The maximum Gasteiger partial charge on any atom is 1.00 e. The Hall–Kier alpha value is -5.83. The molecule has 0 radical (unpaired) electrons. The molecule has 8 aromatic rings. The summed E-state index contributed by atoms with van der Waals surface area (Å²) in [6.07, 6.45) is 0. The Bertz CT molecular complexity index is 3910. The van der Waals surface area contributed by atoms with Crippen LogP contribution < -0.4 is 154 Å². The van der Waals surface area contributed by atoms with E-state index in [0.717, 1.165) is 12.1 Å². The Morgan fingerprint density at radius 3 is 1.07 bits per heavy atom. The molecule has 0 fully saturated rings. The van der Waals surface area contributed by atoms with E-state index in [-0.39, 0.29) is 161 Å². The molecule has 6 N–H and O–H groups in total. The summed E-state index contributed by atoms with van der Waals surface area (Å²) in [5, 5.41) is 33.7. The van der Waals surface area contributed by atoms with Crippen LogP contribution >= 0.6 is 0 Å². The number of nitrogens with zero attached hydrogens (tertiary/aromatic N) is 4. The molecule has 8 aromatic carbocycles. The minimum Gasteiger partial charge on any atom is -0.744 e. The predicted molar refractivity (Wildman–Crippen MR) is 250 cm³/mol. The number of hydrogen-bond acceptors (Lipinski definition) is 20. The van der Waals surface area contributed by atoms with Crippen LogP contribution in [0.4, 0.5) is 22.7 Å². The van der Waals surface area contributed by atoms with E-state index >= 15 is 0 Å². The molecule has 0 heterocycles. The molecule has 0 amide bonds. The van der Waals surface area contributed by atoms with E-state index < -0.39 is 74.4 Å². The Labute approximate surface area is 493 Å². The number of para-hydroxylation sites is 2. The van der Waals surface area contributed by atoms with E-state index in [9.17, 15) is 64.9 Å². The van der Waals surface area contributed by atoms with Crippen LogP contribution in [0.3, 0.4) is 0 Å². The third-order valence-electron chi connectivity index (χ3n) is 9.94. The van der Waals surface area contributed by atoms with Gasteiger partial charge in [0.2, 0.25) is 21.7 Å². The molecule has 0 aromatic heterocycles. The molecule has 0 spiro atoms. The van der Waals surface area contributed by atoms with E-state index in [4.69, 9.17) is 0 Å². The van der Waals surface area contributed by atoms with Crippen molar-refractivity contribution in [3.63, 3.8) is 0 Å². The number of benzene rings is 8. The van der Waals surface area contributed by atoms with Gasteiger partial charge in [-0.25, -0.2) is 26.4 Å². The maximum atomic E-state index is 12.8. The zero-order chi connectivity index (χ0) is 50.3. The van der Waals surface area contributed by atoms with Crippen LogP contribution in [0.5, 0.6) is 0 Å². The summed E-state index contributed by atoms with van der Waals surface area (Å²) < 4.78 is 69.3. The summed E-state index contributed by atoms with van der Waals surface area (Å²) in [5.74, 6) is -2.38. The van der Waals surface area contributed by atoms with Crippen molar-refractivity contribution in [1.29, 1.82) is 0 Å². The quantitative estimate of drug-likeness (QED) is 0.0376. The Balaban J connectivity index is 0.000000370. The third kappa shape index (κ3) is 14.7. The molecule has 0 aliphatic rings. The first kappa shape index (κ1) is 62.5. The van der Waals surface area contributed by atoms with Crippen molar-refractivity contribution in [1.82, 2.24) is 0 Å². The van der Waals surface area contributed by atoms with Crippen molar-refractivity contribution < 1.29 is 152 Å². The van der Waals surface area contributed by atoms with Crippen LogP contribution in [-0.2, 0) is 37.6 Å². The van der Waals surface area contributed by atoms with Gasteiger partial charge in [0.15, 0.2) is 10.7 Å². The summed E-state index contributed by atoms with van der Waals surface area (Å²) in [6.45, 7) is 0. The van der Waals surface area contributed by atoms with Gasteiger partial charge in [-0.3, -0.25) is 40.9 Å². The van der Waals surface area contributed by atoms with Gasteiger partial charge in [-0.2, -0.15) is 20.4 Å². The van der Waals surface area contributed by atoms with Gasteiger partial charge in [-0.15, -0.1) is 0 Å². The molecule has 0 bridgehead atoms. The summed E-state index contributed by atoms with van der Waals surface area (Å²) in [5.41, 5.74) is 7.79. The fourth-order valence-electron chi connectivity index (χ4n) is 6.67. The topological polar surface area (TPSA) is 355 Å². The average molecular weight is 1100 g/mol. The standard InChI is InChI=1S/2C23H16N4O7S.Cr.3Na/c2*28-19-12-11-18(26-24-17-8-2-1-5-15(17)23(30)31)22(29)21(19)27-25-16-9-3-7-14-13(16)6-4-10-20(14)35(32,33)34;;;;/h2*1-12,24-25H,(H,30,31)(H,32,33,34);;;;/q;;;3*+1/p-2. The number of aromatic carboxylic acids is 2. The normalized spacial score (nSPS) is 11.9. The molecule has 0 atom stereocenters. The number of fused-ring (bicyclic) bond motifs is 2. The van der Waals surface area contributed by atoms with Crippen LogP contribution in [0.25, 0.3) is 21.5 Å². The van der Waals surface area contributed by atoms with Crippen LogP contribution in [-0.4, -0.2) is 48.1 Å². The van der Waals surface area contributed by atoms with E-state index in [2.05, 4.69) is 42.1 Å². The van der Waals surface area contributed by atoms with Gasteiger partial charge < -0.3 is 19.3 Å². The van der Waals surface area contributed by atoms with Crippen LogP contribution in [0.1, 0.15) is 20.7 Å². The molecule has 0 saturated carbocycles. The van der Waals surface area contributed by atoms with Crippen molar-refractivity contribution in [3.8, 4) is 0 Å². The van der Waals surface area contributed by atoms with Crippen LogP contribution in [0, 0.1) is 0 Å². The number of carboxylic acids is 2. The number of anilines is 4. The Morgan fingerprint density at radius 1 is 0.405 bits per heavy atom. The minimum atomic E-state index is -4.73.